The molecule has 4 rings (SSSR count). The van der Waals surface area contributed by atoms with Crippen molar-refractivity contribution in [2.24, 2.45) is 0 Å². The Kier molecular flexibility index (Phi) is 9.74. The van der Waals surface area contributed by atoms with Crippen molar-refractivity contribution in [2.45, 2.75) is 58.0 Å². The van der Waals surface area contributed by atoms with E-state index in [1.807, 2.05) is 37.3 Å². The van der Waals surface area contributed by atoms with Crippen molar-refractivity contribution >= 4 is 38.7 Å². The van der Waals surface area contributed by atoms with Crippen LogP contribution in [-0.2, 0) is 27.8 Å². The number of alkyl halides is 3. The van der Waals surface area contributed by atoms with Crippen molar-refractivity contribution in [1.82, 2.24) is 14.3 Å². The summed E-state index contributed by atoms with van der Waals surface area (Å²) < 4.78 is 68.4. The molecule has 0 radical (unpaired) electrons. The molecule has 43 heavy (non-hydrogen) atoms. The summed E-state index contributed by atoms with van der Waals surface area (Å²) in [6.07, 6.45) is 2.12. The lowest BCUT2D eigenvalue weighted by atomic mass is 10.0. The van der Waals surface area contributed by atoms with Crippen LogP contribution in [0.25, 0.3) is 22.2 Å². The van der Waals surface area contributed by atoms with E-state index >= 15 is 0 Å². The van der Waals surface area contributed by atoms with E-state index in [4.69, 9.17) is 9.72 Å². The summed E-state index contributed by atoms with van der Waals surface area (Å²) in [4.78, 5) is 29.0. The number of carbonyl (C=O) groups is 2. The van der Waals surface area contributed by atoms with Gasteiger partial charge in [0.25, 0.3) is 0 Å². The molecule has 1 heterocycles. The summed E-state index contributed by atoms with van der Waals surface area (Å²) in [5.41, 5.74) is -1.40. The lowest BCUT2D eigenvalue weighted by Crippen LogP contribution is -2.41. The van der Waals surface area contributed by atoms with Gasteiger partial charge in [0, 0.05) is 30.6 Å². The van der Waals surface area contributed by atoms with Crippen LogP contribution in [-0.4, -0.2) is 35.5 Å². The van der Waals surface area contributed by atoms with E-state index in [9.17, 15) is 31.2 Å². The highest BCUT2D eigenvalue weighted by Gasteiger charge is 2.47. The third-order valence-electron chi connectivity index (χ3n) is 6.56. The summed E-state index contributed by atoms with van der Waals surface area (Å²) in [6, 6.07) is 19.0. The summed E-state index contributed by atoms with van der Waals surface area (Å²) in [6.45, 7) is 4.53. The number of benzene rings is 3. The molecule has 0 aliphatic carbocycles. The van der Waals surface area contributed by atoms with E-state index in [2.05, 4.69) is 16.8 Å². The second-order valence-electron chi connectivity index (χ2n) is 9.85. The number of nitrogens with one attached hydrogen (secondary N) is 2. The first kappa shape index (κ1) is 31.5. The van der Waals surface area contributed by atoms with Crippen LogP contribution in [0, 0.1) is 0 Å². The molecule has 0 spiro atoms. The number of para-hydroxylation sites is 1. The Bertz CT molecular complexity index is 1720. The molecule has 9 nitrogen and oxygen atoms in total. The average Bonchev–Trinajstić information content (AvgIpc) is 3.28. The number of sulfonamides is 1. The summed E-state index contributed by atoms with van der Waals surface area (Å²) in [5.74, 6) is 0.736. The second-order valence-corrected chi connectivity index (χ2v) is 11.5. The number of aromatic nitrogens is 2. The van der Waals surface area contributed by atoms with Gasteiger partial charge in [0.1, 0.15) is 11.6 Å². The minimum atomic E-state index is -5.91. The van der Waals surface area contributed by atoms with E-state index in [-0.39, 0.29) is 11.7 Å². The fraction of sp³-hybridized carbons (Fsp3) is 0.300. The van der Waals surface area contributed by atoms with E-state index in [0.717, 1.165) is 52.8 Å². The number of anilines is 1. The molecule has 0 saturated carbocycles. The number of rotatable bonds is 11. The highest BCUT2D eigenvalue weighted by atomic mass is 32.2. The lowest BCUT2D eigenvalue weighted by Gasteiger charge is -2.13. The molecule has 228 valence electrons. The first-order valence-corrected chi connectivity index (χ1v) is 15.2. The fourth-order valence-corrected chi connectivity index (χ4v) is 4.83. The minimum Gasteiger partial charge on any atom is -0.409 e. The molecule has 1 aromatic heterocycles. The predicted molar refractivity (Wildman–Crippen MR) is 157 cm³/mol. The zero-order valence-corrected chi connectivity index (χ0v) is 24.4. The van der Waals surface area contributed by atoms with Gasteiger partial charge in [0.05, 0.1) is 11.0 Å². The number of imidazole rings is 1. The highest BCUT2D eigenvalue weighted by Crippen LogP contribution is 2.31. The van der Waals surface area contributed by atoms with Crippen LogP contribution < -0.4 is 14.8 Å². The monoisotopic (exact) mass is 616 g/mol. The number of hydrogen-bond acceptors (Lipinski definition) is 6. The number of fused-ring (bicyclic) bond motifs is 1. The zero-order valence-electron chi connectivity index (χ0n) is 23.6. The molecule has 3 aromatic carbocycles. The van der Waals surface area contributed by atoms with Gasteiger partial charge in [0.15, 0.2) is 0 Å². The Morgan fingerprint density at radius 3 is 2.37 bits per heavy atom. The normalized spacial score (nSPS) is 11.8. The molecule has 2 N–H and O–H groups in total. The summed E-state index contributed by atoms with van der Waals surface area (Å²) >= 11 is 0. The van der Waals surface area contributed by atoms with Crippen LogP contribution in [0.15, 0.2) is 66.7 Å². The number of hydrogen-bond donors (Lipinski definition) is 2. The molecule has 4 aromatic rings. The smallest absolute Gasteiger partial charge is 0.409 e. The van der Waals surface area contributed by atoms with Gasteiger partial charge >= 0.3 is 21.6 Å². The number of aryl methyl sites for hydroxylation is 1. The number of halogens is 3. The van der Waals surface area contributed by atoms with Gasteiger partial charge < -0.3 is 14.6 Å². The fourth-order valence-electron chi connectivity index (χ4n) is 4.46. The second kappa shape index (κ2) is 13.3. The van der Waals surface area contributed by atoms with Crippen molar-refractivity contribution in [3.05, 3.63) is 78.1 Å². The van der Waals surface area contributed by atoms with Gasteiger partial charge in [0.2, 0.25) is 5.91 Å². The van der Waals surface area contributed by atoms with Crippen molar-refractivity contribution in [2.75, 3.05) is 5.32 Å². The van der Waals surface area contributed by atoms with Gasteiger partial charge in [-0.15, -0.1) is 0 Å². The Morgan fingerprint density at radius 2 is 1.70 bits per heavy atom. The topological polar surface area (TPSA) is 119 Å². The molecule has 0 saturated heterocycles. The first-order valence-electron chi connectivity index (χ1n) is 13.7. The SMILES string of the molecule is CCCCc1nc2ccc(NC(=O)CCC)cc2n1Cc1ccc(-c2ccccc2OC(=O)NS(=O)(=O)C(F)(F)F)cc1. The summed E-state index contributed by atoms with van der Waals surface area (Å²) in [5, 5.41) is 2.93. The Morgan fingerprint density at radius 1 is 0.977 bits per heavy atom. The van der Waals surface area contributed by atoms with Crippen LogP contribution in [0.5, 0.6) is 5.75 Å². The molecule has 0 atom stereocenters. The van der Waals surface area contributed by atoms with Gasteiger partial charge in [-0.1, -0.05) is 62.7 Å². The Labute approximate surface area is 247 Å². The van der Waals surface area contributed by atoms with Gasteiger partial charge in [-0.3, -0.25) is 4.79 Å². The van der Waals surface area contributed by atoms with Crippen LogP contribution in [0.1, 0.15) is 50.9 Å². The number of nitrogens with zero attached hydrogens (tertiary/aromatic N) is 2. The summed E-state index contributed by atoms with van der Waals surface area (Å²) in [7, 11) is -5.91. The standard InChI is InChI=1S/C30H31F3N4O5S/c1-3-5-11-27-35-24-17-16-22(34-28(38)8-4-2)18-25(24)37(27)19-20-12-14-21(15-13-20)23-9-6-7-10-26(23)42-29(39)36-43(40,41)30(31,32)33/h6-7,9-10,12-18H,3-5,8,11,19H2,1-2H3,(H,34,38)(H,36,39). The minimum absolute atomic E-state index is 0.0570. The van der Waals surface area contributed by atoms with Crippen LogP contribution in [0.3, 0.4) is 0 Å². The third kappa shape index (κ3) is 7.72. The average molecular weight is 617 g/mol. The molecular weight excluding hydrogens is 585 g/mol. The molecule has 0 aliphatic heterocycles. The molecule has 0 bridgehead atoms. The quantitative estimate of drug-likeness (QED) is 0.192. The van der Waals surface area contributed by atoms with Crippen molar-refractivity contribution in [3.63, 3.8) is 0 Å². The maximum Gasteiger partial charge on any atom is 0.516 e. The number of unbranched alkanes of at least 4 members (excludes halogenated alkanes) is 1. The van der Waals surface area contributed by atoms with Crippen molar-refractivity contribution in [1.29, 1.82) is 0 Å². The molecule has 0 fully saturated rings. The Balaban J connectivity index is 1.59. The number of ether oxygens (including phenoxy) is 1. The molecular formula is C30H31F3N4O5S. The van der Waals surface area contributed by atoms with Gasteiger partial charge in [-0.2, -0.15) is 21.6 Å². The molecule has 13 heteroatoms. The van der Waals surface area contributed by atoms with E-state index in [0.29, 0.717) is 29.8 Å². The first-order chi connectivity index (χ1) is 20.4. The van der Waals surface area contributed by atoms with Crippen molar-refractivity contribution < 1.29 is 35.9 Å². The van der Waals surface area contributed by atoms with E-state index in [1.165, 1.54) is 12.1 Å². The third-order valence-corrected chi connectivity index (χ3v) is 7.60. The highest BCUT2D eigenvalue weighted by molar-refractivity contribution is 7.90. The Hall–Kier alpha value is -4.39. The maximum absolute atomic E-state index is 12.6. The number of carbonyl (C=O) groups excluding carboxylic acids is 2. The van der Waals surface area contributed by atoms with E-state index in [1.54, 1.807) is 24.3 Å². The molecule has 0 unspecified atom stereocenters. The van der Waals surface area contributed by atoms with Crippen LogP contribution in [0.2, 0.25) is 0 Å². The number of amides is 2. The zero-order chi connectivity index (χ0) is 31.2. The lowest BCUT2D eigenvalue weighted by molar-refractivity contribution is -0.116. The van der Waals surface area contributed by atoms with Gasteiger partial charge in [-0.25, -0.2) is 14.5 Å². The van der Waals surface area contributed by atoms with Crippen LogP contribution in [0.4, 0.5) is 23.7 Å². The maximum atomic E-state index is 12.6. The largest absolute Gasteiger partial charge is 0.516 e. The van der Waals surface area contributed by atoms with Crippen molar-refractivity contribution in [3.8, 4) is 16.9 Å². The van der Waals surface area contributed by atoms with Gasteiger partial charge in [-0.05, 0) is 48.2 Å². The predicted octanol–water partition coefficient (Wildman–Crippen LogP) is 6.77. The molecule has 2 amide bonds. The molecule has 0 aliphatic rings. The van der Waals surface area contributed by atoms with Crippen LogP contribution >= 0.6 is 0 Å². The van der Waals surface area contributed by atoms with E-state index < -0.39 is 21.6 Å².